The number of carbonyl (C=O) groups excluding carboxylic acids is 1. The molecule has 0 radical (unpaired) electrons. The highest BCUT2D eigenvalue weighted by atomic mass is 32.1. The average Bonchev–Trinajstić information content (AvgIpc) is 3.08. The third-order valence-electron chi connectivity index (χ3n) is 4.13. The number of nitrogens with zero attached hydrogens (tertiary/aromatic N) is 3. The molecule has 0 saturated heterocycles. The van der Waals surface area contributed by atoms with Crippen LogP contribution in [0.2, 0.25) is 0 Å². The second-order valence-electron chi connectivity index (χ2n) is 6.45. The summed E-state index contributed by atoms with van der Waals surface area (Å²) in [5.74, 6) is -0.297. The van der Waals surface area contributed by atoms with E-state index in [9.17, 15) is 14.4 Å². The van der Waals surface area contributed by atoms with E-state index in [2.05, 4.69) is 9.69 Å². The number of carbonyl (C=O) groups is 1. The Kier molecular flexibility index (Phi) is 5.03. The van der Waals surface area contributed by atoms with Crippen LogP contribution in [0.15, 0.2) is 39.2 Å². The normalized spacial score (nSPS) is 11.2. The molecule has 0 unspecified atom stereocenters. The monoisotopic (exact) mass is 372 g/mol. The van der Waals surface area contributed by atoms with E-state index in [1.54, 1.807) is 19.2 Å². The van der Waals surface area contributed by atoms with Crippen molar-refractivity contribution in [3.05, 3.63) is 61.6 Å². The van der Waals surface area contributed by atoms with Gasteiger partial charge in [-0.3, -0.25) is 18.7 Å². The van der Waals surface area contributed by atoms with Gasteiger partial charge in [-0.25, -0.2) is 4.79 Å². The van der Waals surface area contributed by atoms with Crippen molar-refractivity contribution in [2.45, 2.75) is 39.9 Å². The Morgan fingerprint density at radius 2 is 1.92 bits per heavy atom. The fraction of sp³-hybridized carbons (Fsp3) is 0.333. The van der Waals surface area contributed by atoms with Gasteiger partial charge in [0, 0.05) is 18.0 Å². The summed E-state index contributed by atoms with van der Waals surface area (Å²) in [7, 11) is 0. The number of benzene rings is 1. The summed E-state index contributed by atoms with van der Waals surface area (Å²) in [6, 6.07) is 7.53. The topological polar surface area (TPSA) is 86.0 Å². The van der Waals surface area contributed by atoms with Gasteiger partial charge < -0.3 is 5.32 Å². The van der Waals surface area contributed by atoms with E-state index in [4.69, 9.17) is 0 Å². The lowest BCUT2D eigenvalue weighted by atomic mass is 10.1. The van der Waals surface area contributed by atoms with Gasteiger partial charge in [-0.15, -0.1) is 0 Å². The van der Waals surface area contributed by atoms with E-state index < -0.39 is 11.2 Å². The van der Waals surface area contributed by atoms with Gasteiger partial charge in [-0.2, -0.15) is 4.37 Å². The van der Waals surface area contributed by atoms with Gasteiger partial charge in [0.25, 0.3) is 5.56 Å². The van der Waals surface area contributed by atoms with Crippen molar-refractivity contribution in [2.24, 2.45) is 0 Å². The number of nitrogens with one attached hydrogen (secondary N) is 1. The van der Waals surface area contributed by atoms with E-state index in [1.165, 1.54) is 4.57 Å². The van der Waals surface area contributed by atoms with Crippen molar-refractivity contribution >= 4 is 28.5 Å². The Balaban J connectivity index is 1.87. The molecule has 8 heteroatoms. The molecule has 2 heterocycles. The molecule has 1 aromatic carbocycles. The minimum Gasteiger partial charge on any atom is -0.350 e. The van der Waals surface area contributed by atoms with Crippen molar-refractivity contribution in [2.75, 3.05) is 0 Å². The molecule has 3 aromatic rings. The zero-order valence-electron chi connectivity index (χ0n) is 14.9. The molecule has 2 aromatic heterocycles. The van der Waals surface area contributed by atoms with Gasteiger partial charge in [0.05, 0.1) is 5.52 Å². The van der Waals surface area contributed by atoms with Crippen LogP contribution in [0.4, 0.5) is 0 Å². The Bertz CT molecular complexity index is 1060. The second kappa shape index (κ2) is 7.25. The highest BCUT2D eigenvalue weighted by Crippen LogP contribution is 2.11. The van der Waals surface area contributed by atoms with Crippen LogP contribution >= 0.6 is 11.5 Å². The quantitative estimate of drug-likeness (QED) is 0.740. The van der Waals surface area contributed by atoms with Gasteiger partial charge in [0.15, 0.2) is 5.52 Å². The standard InChI is InChI=1S/C18H20N4O3S/c1-11(2)22-17(24)16-14(10-26-20-16)21(18(22)25)9-15(23)19-8-13-6-4-12(3)5-7-13/h4-7,10-11H,8-9H2,1-3H3,(H,19,23). The molecule has 0 bridgehead atoms. The lowest BCUT2D eigenvalue weighted by molar-refractivity contribution is -0.121. The summed E-state index contributed by atoms with van der Waals surface area (Å²) < 4.78 is 6.53. The number of hydrogen-bond acceptors (Lipinski definition) is 5. The molecule has 0 spiro atoms. The number of aryl methyl sites for hydroxylation is 1. The Labute approximate surface area is 154 Å². The van der Waals surface area contributed by atoms with Crippen LogP contribution in [0.25, 0.3) is 11.0 Å². The van der Waals surface area contributed by atoms with Gasteiger partial charge in [0.2, 0.25) is 5.91 Å². The van der Waals surface area contributed by atoms with Crippen LogP contribution in [0.5, 0.6) is 0 Å². The summed E-state index contributed by atoms with van der Waals surface area (Å²) in [5.41, 5.74) is 1.82. The van der Waals surface area contributed by atoms with Gasteiger partial charge in [-0.1, -0.05) is 29.8 Å². The highest BCUT2D eigenvalue weighted by molar-refractivity contribution is 7.04. The van der Waals surface area contributed by atoms with Gasteiger partial charge in [0.1, 0.15) is 6.54 Å². The SMILES string of the molecule is Cc1ccc(CNC(=O)Cn2c(=O)n(C(C)C)c(=O)c3nscc32)cc1. The van der Waals surface area contributed by atoms with Crippen LogP contribution in [-0.4, -0.2) is 19.4 Å². The van der Waals surface area contributed by atoms with Crippen molar-refractivity contribution in [3.63, 3.8) is 0 Å². The molecule has 1 N–H and O–H groups in total. The third kappa shape index (κ3) is 3.45. The second-order valence-corrected chi connectivity index (χ2v) is 7.08. The minimum atomic E-state index is -0.497. The van der Waals surface area contributed by atoms with Crippen molar-refractivity contribution in [3.8, 4) is 0 Å². The molecule has 136 valence electrons. The highest BCUT2D eigenvalue weighted by Gasteiger charge is 2.18. The summed E-state index contributed by atoms with van der Waals surface area (Å²) >= 11 is 1.09. The van der Waals surface area contributed by atoms with Crippen LogP contribution in [0, 0.1) is 6.92 Å². The number of aromatic nitrogens is 3. The van der Waals surface area contributed by atoms with E-state index in [0.29, 0.717) is 12.1 Å². The molecular weight excluding hydrogens is 352 g/mol. The summed E-state index contributed by atoms with van der Waals surface area (Å²) in [6.07, 6.45) is 0. The predicted molar refractivity (Wildman–Crippen MR) is 102 cm³/mol. The maximum atomic E-state index is 12.7. The van der Waals surface area contributed by atoms with Gasteiger partial charge >= 0.3 is 5.69 Å². The lowest BCUT2D eigenvalue weighted by Gasteiger charge is -2.14. The zero-order valence-corrected chi connectivity index (χ0v) is 15.7. The summed E-state index contributed by atoms with van der Waals surface area (Å²) in [4.78, 5) is 37.5. The number of rotatable bonds is 5. The smallest absolute Gasteiger partial charge is 0.332 e. The fourth-order valence-electron chi connectivity index (χ4n) is 2.72. The van der Waals surface area contributed by atoms with Crippen molar-refractivity contribution in [1.82, 2.24) is 18.8 Å². The maximum Gasteiger partial charge on any atom is 0.332 e. The molecule has 1 amide bonds. The van der Waals surface area contributed by atoms with E-state index in [0.717, 1.165) is 27.2 Å². The molecule has 3 rings (SSSR count). The minimum absolute atomic E-state index is 0.160. The molecular formula is C18H20N4O3S. The fourth-order valence-corrected chi connectivity index (χ4v) is 3.39. The molecule has 7 nitrogen and oxygen atoms in total. The van der Waals surface area contributed by atoms with E-state index >= 15 is 0 Å². The first kappa shape index (κ1) is 18.1. The summed E-state index contributed by atoms with van der Waals surface area (Å²) in [5, 5.41) is 4.43. The average molecular weight is 372 g/mol. The first-order valence-electron chi connectivity index (χ1n) is 8.30. The Morgan fingerprint density at radius 3 is 2.58 bits per heavy atom. The van der Waals surface area contributed by atoms with E-state index in [1.807, 2.05) is 31.2 Å². The lowest BCUT2D eigenvalue weighted by Crippen LogP contribution is -2.43. The first-order valence-corrected chi connectivity index (χ1v) is 9.14. The maximum absolute atomic E-state index is 12.7. The van der Waals surface area contributed by atoms with Crippen molar-refractivity contribution in [1.29, 1.82) is 0 Å². The molecule has 0 aliphatic rings. The first-order chi connectivity index (χ1) is 12.4. The largest absolute Gasteiger partial charge is 0.350 e. The van der Waals surface area contributed by atoms with E-state index in [-0.39, 0.29) is 24.0 Å². The molecule has 0 fully saturated rings. The molecule has 0 aliphatic heterocycles. The van der Waals surface area contributed by atoms with Crippen LogP contribution in [0.3, 0.4) is 0 Å². The molecule has 0 saturated carbocycles. The van der Waals surface area contributed by atoms with Crippen LogP contribution in [0.1, 0.15) is 31.0 Å². The third-order valence-corrected chi connectivity index (χ3v) is 4.75. The predicted octanol–water partition coefficient (Wildman–Crippen LogP) is 1.83. The summed E-state index contributed by atoms with van der Waals surface area (Å²) in [6.45, 7) is 5.72. The zero-order chi connectivity index (χ0) is 18.8. The van der Waals surface area contributed by atoms with Crippen LogP contribution in [-0.2, 0) is 17.9 Å². The van der Waals surface area contributed by atoms with Crippen molar-refractivity contribution < 1.29 is 4.79 Å². The van der Waals surface area contributed by atoms with Gasteiger partial charge in [-0.05, 0) is 37.9 Å². The molecule has 0 aliphatic carbocycles. The van der Waals surface area contributed by atoms with Crippen LogP contribution < -0.4 is 16.6 Å². The molecule has 26 heavy (non-hydrogen) atoms. The Hall–Kier alpha value is -2.74. The molecule has 0 atom stereocenters. The number of hydrogen-bond donors (Lipinski definition) is 1. The number of fused-ring (bicyclic) bond motifs is 1. The Morgan fingerprint density at radius 1 is 1.23 bits per heavy atom. The number of amides is 1.